The first-order valence-corrected chi connectivity index (χ1v) is 10.6. The molecule has 1 fully saturated rings. The van der Waals surface area contributed by atoms with Crippen molar-refractivity contribution in [2.45, 2.75) is 39.7 Å². The molecule has 1 aliphatic rings. The molecule has 0 radical (unpaired) electrons. The number of rotatable bonds is 7. The summed E-state index contributed by atoms with van der Waals surface area (Å²) < 4.78 is 3.63. The highest BCUT2D eigenvalue weighted by atomic mass is 16.2. The number of Topliss-reactive ketones (excluding diaryl/α,β-unsaturated/α-hetero) is 1. The standard InChI is InChI=1S/C23H28N6O2/c1-16-5-7-19(8-6-16)29-23(24)20(14-26-29)22(31)18-9-12-28(15-18)21(30)4-3-11-27-13-10-25-17(27)2/h5-8,10,13-14,18H,3-4,9,11-12,15,24H2,1-2H3. The molecular formula is C23H28N6O2. The van der Waals surface area contributed by atoms with Crippen molar-refractivity contribution in [1.82, 2.24) is 24.2 Å². The van der Waals surface area contributed by atoms with E-state index in [4.69, 9.17) is 5.73 Å². The Morgan fingerprint density at radius 1 is 1.19 bits per heavy atom. The van der Waals surface area contributed by atoms with Gasteiger partial charge >= 0.3 is 0 Å². The summed E-state index contributed by atoms with van der Waals surface area (Å²) in [5, 5.41) is 4.32. The maximum Gasteiger partial charge on any atom is 0.222 e. The van der Waals surface area contributed by atoms with Crippen LogP contribution in [-0.4, -0.2) is 49.0 Å². The number of aromatic nitrogens is 4. The van der Waals surface area contributed by atoms with Crippen molar-refractivity contribution in [3.8, 4) is 5.69 Å². The van der Waals surface area contributed by atoms with Crippen LogP contribution < -0.4 is 5.73 Å². The Bertz CT molecular complexity index is 1080. The van der Waals surface area contributed by atoms with Crippen LogP contribution in [0.3, 0.4) is 0 Å². The predicted molar refractivity (Wildman–Crippen MR) is 118 cm³/mol. The highest BCUT2D eigenvalue weighted by Gasteiger charge is 2.33. The lowest BCUT2D eigenvalue weighted by atomic mass is 9.98. The van der Waals surface area contributed by atoms with Crippen LogP contribution >= 0.6 is 0 Å². The Balaban J connectivity index is 1.34. The summed E-state index contributed by atoms with van der Waals surface area (Å²) in [6.45, 7) is 5.77. The molecule has 1 unspecified atom stereocenters. The van der Waals surface area contributed by atoms with Crippen molar-refractivity contribution < 1.29 is 9.59 Å². The monoisotopic (exact) mass is 420 g/mol. The Hall–Kier alpha value is -3.42. The molecule has 8 heteroatoms. The molecule has 31 heavy (non-hydrogen) atoms. The number of nitrogens with two attached hydrogens (primary N) is 1. The van der Waals surface area contributed by atoms with Gasteiger partial charge in [-0.15, -0.1) is 0 Å². The van der Waals surface area contributed by atoms with Crippen LogP contribution in [0.4, 0.5) is 5.82 Å². The van der Waals surface area contributed by atoms with Crippen molar-refractivity contribution in [3.63, 3.8) is 0 Å². The number of hydrogen-bond donors (Lipinski definition) is 1. The molecule has 1 amide bonds. The Morgan fingerprint density at radius 3 is 2.68 bits per heavy atom. The van der Waals surface area contributed by atoms with E-state index in [2.05, 4.69) is 10.1 Å². The summed E-state index contributed by atoms with van der Waals surface area (Å²) in [5.74, 6) is 1.10. The van der Waals surface area contributed by atoms with Gasteiger partial charge in [0.05, 0.1) is 17.4 Å². The van der Waals surface area contributed by atoms with Crippen LogP contribution in [0.5, 0.6) is 0 Å². The number of nitrogens with zero attached hydrogens (tertiary/aromatic N) is 5. The summed E-state index contributed by atoms with van der Waals surface area (Å²) in [4.78, 5) is 31.6. The molecule has 1 saturated heterocycles. The molecule has 2 N–H and O–H groups in total. The van der Waals surface area contributed by atoms with E-state index in [9.17, 15) is 9.59 Å². The molecule has 0 bridgehead atoms. The largest absolute Gasteiger partial charge is 0.383 e. The van der Waals surface area contributed by atoms with Gasteiger partial charge in [-0.2, -0.15) is 5.10 Å². The molecular weight excluding hydrogens is 392 g/mol. The van der Waals surface area contributed by atoms with Gasteiger partial charge in [-0.3, -0.25) is 9.59 Å². The lowest BCUT2D eigenvalue weighted by molar-refractivity contribution is -0.130. The normalized spacial score (nSPS) is 16.1. The summed E-state index contributed by atoms with van der Waals surface area (Å²) in [6, 6.07) is 7.81. The summed E-state index contributed by atoms with van der Waals surface area (Å²) in [6.07, 6.45) is 7.09. The highest BCUT2D eigenvalue weighted by Crippen LogP contribution is 2.26. The van der Waals surface area contributed by atoms with E-state index in [0.29, 0.717) is 37.3 Å². The third-order valence-corrected chi connectivity index (χ3v) is 5.98. The first kappa shape index (κ1) is 20.8. The van der Waals surface area contributed by atoms with Crippen LogP contribution in [-0.2, 0) is 11.3 Å². The van der Waals surface area contributed by atoms with Crippen LogP contribution in [0.1, 0.15) is 41.0 Å². The van der Waals surface area contributed by atoms with E-state index in [1.165, 1.54) is 6.20 Å². The third kappa shape index (κ3) is 4.38. The van der Waals surface area contributed by atoms with Gasteiger partial charge in [0.1, 0.15) is 11.6 Å². The zero-order chi connectivity index (χ0) is 22.0. The average Bonchev–Trinajstić information content (AvgIpc) is 3.49. The molecule has 0 spiro atoms. The molecule has 4 rings (SSSR count). The van der Waals surface area contributed by atoms with E-state index >= 15 is 0 Å². The molecule has 3 heterocycles. The number of aryl methyl sites for hydroxylation is 3. The molecule has 1 aromatic carbocycles. The quantitative estimate of drug-likeness (QED) is 0.593. The minimum atomic E-state index is -0.238. The van der Waals surface area contributed by atoms with E-state index < -0.39 is 0 Å². The fourth-order valence-electron chi connectivity index (χ4n) is 4.06. The number of hydrogen-bond acceptors (Lipinski definition) is 5. The van der Waals surface area contributed by atoms with E-state index in [0.717, 1.165) is 30.0 Å². The molecule has 0 aliphatic carbocycles. The van der Waals surface area contributed by atoms with Crippen LogP contribution in [0.2, 0.25) is 0 Å². The maximum absolute atomic E-state index is 13.1. The van der Waals surface area contributed by atoms with Crippen LogP contribution in [0.15, 0.2) is 42.9 Å². The maximum atomic E-state index is 13.1. The minimum Gasteiger partial charge on any atom is -0.383 e. The van der Waals surface area contributed by atoms with Crippen molar-refractivity contribution in [2.24, 2.45) is 5.92 Å². The van der Waals surface area contributed by atoms with Crippen molar-refractivity contribution >= 4 is 17.5 Å². The second kappa shape index (κ2) is 8.75. The fraction of sp³-hybridized carbons (Fsp3) is 0.391. The average molecular weight is 421 g/mol. The van der Waals surface area contributed by atoms with E-state index in [-0.39, 0.29) is 17.6 Å². The topological polar surface area (TPSA) is 99.0 Å². The number of imidazole rings is 1. The number of benzene rings is 1. The van der Waals surface area contributed by atoms with Gasteiger partial charge < -0.3 is 15.2 Å². The minimum absolute atomic E-state index is 0.0415. The number of ketones is 1. The lowest BCUT2D eigenvalue weighted by Crippen LogP contribution is -2.30. The smallest absolute Gasteiger partial charge is 0.222 e. The first-order valence-electron chi connectivity index (χ1n) is 10.6. The fourth-order valence-corrected chi connectivity index (χ4v) is 4.06. The number of amides is 1. The van der Waals surface area contributed by atoms with Gasteiger partial charge in [-0.05, 0) is 38.8 Å². The second-order valence-electron chi connectivity index (χ2n) is 8.15. The zero-order valence-corrected chi connectivity index (χ0v) is 18.0. The van der Waals surface area contributed by atoms with Gasteiger partial charge in [-0.1, -0.05) is 17.7 Å². The van der Waals surface area contributed by atoms with Crippen molar-refractivity contribution in [1.29, 1.82) is 0 Å². The predicted octanol–water partition coefficient (Wildman–Crippen LogP) is 2.78. The third-order valence-electron chi connectivity index (χ3n) is 5.98. The number of carbonyl (C=O) groups is 2. The second-order valence-corrected chi connectivity index (χ2v) is 8.15. The Morgan fingerprint density at radius 2 is 1.97 bits per heavy atom. The van der Waals surface area contributed by atoms with Gasteiger partial charge in [0, 0.05) is 44.4 Å². The van der Waals surface area contributed by atoms with Crippen molar-refractivity contribution in [2.75, 3.05) is 18.8 Å². The molecule has 8 nitrogen and oxygen atoms in total. The van der Waals surface area contributed by atoms with Crippen LogP contribution in [0, 0.1) is 19.8 Å². The Kier molecular flexibility index (Phi) is 5.88. The Labute approximate surface area is 181 Å². The first-order chi connectivity index (χ1) is 14.9. The number of likely N-dealkylation sites (tertiary alicyclic amines) is 1. The molecule has 2 aromatic heterocycles. The zero-order valence-electron chi connectivity index (χ0n) is 18.0. The molecule has 1 atom stereocenters. The summed E-state index contributed by atoms with van der Waals surface area (Å²) in [5.41, 5.74) is 8.64. The lowest BCUT2D eigenvalue weighted by Gasteiger charge is -2.16. The number of anilines is 1. The highest BCUT2D eigenvalue weighted by molar-refractivity contribution is 6.02. The van der Waals surface area contributed by atoms with Gasteiger partial charge in [0.2, 0.25) is 5.91 Å². The molecule has 0 saturated carbocycles. The van der Waals surface area contributed by atoms with Gasteiger partial charge in [-0.25, -0.2) is 9.67 Å². The molecule has 3 aromatic rings. The van der Waals surface area contributed by atoms with Gasteiger partial charge in [0.15, 0.2) is 5.78 Å². The summed E-state index contributed by atoms with van der Waals surface area (Å²) in [7, 11) is 0. The van der Waals surface area contributed by atoms with Crippen molar-refractivity contribution in [3.05, 3.63) is 59.8 Å². The number of nitrogen functional groups attached to an aromatic ring is 1. The van der Waals surface area contributed by atoms with E-state index in [1.54, 1.807) is 15.8 Å². The number of carbonyl (C=O) groups excluding carboxylic acids is 2. The molecule has 162 valence electrons. The van der Waals surface area contributed by atoms with E-state index in [1.807, 2.05) is 48.9 Å². The molecule has 1 aliphatic heterocycles. The summed E-state index contributed by atoms with van der Waals surface area (Å²) >= 11 is 0. The SMILES string of the molecule is Cc1ccc(-n2ncc(C(=O)C3CCN(C(=O)CCCn4ccnc4C)C3)c2N)cc1. The van der Waals surface area contributed by atoms with Gasteiger partial charge in [0.25, 0.3) is 0 Å². The van der Waals surface area contributed by atoms with Crippen LogP contribution in [0.25, 0.3) is 5.69 Å².